The molecule has 0 bridgehead atoms. The molecule has 4 aromatic rings. The van der Waals surface area contributed by atoms with Gasteiger partial charge in [-0.3, -0.25) is 4.79 Å². The highest BCUT2D eigenvalue weighted by Crippen LogP contribution is 2.23. The van der Waals surface area contributed by atoms with E-state index in [1.54, 1.807) is 24.1 Å². The maximum Gasteiger partial charge on any atom is 0.287 e. The molecule has 2 aromatic carbocycles. The Morgan fingerprint density at radius 3 is 2.93 bits per heavy atom. The fourth-order valence-electron chi connectivity index (χ4n) is 3.34. The van der Waals surface area contributed by atoms with E-state index in [-0.39, 0.29) is 5.91 Å². The molecule has 0 fully saturated rings. The second kappa shape index (κ2) is 8.41. The fraction of sp³-hybridized carbons (Fsp3) is 0.182. The van der Waals surface area contributed by atoms with Crippen molar-refractivity contribution in [1.29, 1.82) is 0 Å². The number of methoxy groups -OCH3 is 1. The summed E-state index contributed by atoms with van der Waals surface area (Å²) in [6.07, 6.45) is 6.07. The number of hydrogen-bond donors (Lipinski definition) is 2. The van der Waals surface area contributed by atoms with E-state index in [4.69, 9.17) is 16.3 Å². The normalized spacial score (nSPS) is 11.0. The molecule has 0 aliphatic heterocycles. The maximum atomic E-state index is 12.6. The Morgan fingerprint density at radius 2 is 2.10 bits per heavy atom. The zero-order valence-electron chi connectivity index (χ0n) is 16.0. The van der Waals surface area contributed by atoms with Crippen LogP contribution in [0.15, 0.2) is 61.1 Å². The second-order valence-electron chi connectivity index (χ2n) is 6.70. The Hall–Kier alpha value is -3.25. The fourth-order valence-corrected chi connectivity index (χ4v) is 3.53. The quantitative estimate of drug-likeness (QED) is 0.484. The van der Waals surface area contributed by atoms with Gasteiger partial charge in [0.15, 0.2) is 5.82 Å². The van der Waals surface area contributed by atoms with E-state index in [1.807, 2.05) is 48.7 Å². The highest BCUT2D eigenvalue weighted by atomic mass is 35.5. The van der Waals surface area contributed by atoms with E-state index in [2.05, 4.69) is 15.3 Å². The average molecular weight is 409 g/mol. The van der Waals surface area contributed by atoms with E-state index < -0.39 is 0 Å². The number of ether oxygens (including phenoxy) is 1. The van der Waals surface area contributed by atoms with Gasteiger partial charge in [0, 0.05) is 41.1 Å². The predicted molar refractivity (Wildman–Crippen MR) is 114 cm³/mol. The number of H-pyrrole nitrogens is 1. The molecule has 0 aliphatic carbocycles. The molecule has 148 valence electrons. The number of benzene rings is 2. The summed E-state index contributed by atoms with van der Waals surface area (Å²) in [5.74, 6) is 0.967. The Kier molecular flexibility index (Phi) is 5.53. The zero-order valence-corrected chi connectivity index (χ0v) is 16.7. The topological polar surface area (TPSA) is 71.9 Å². The van der Waals surface area contributed by atoms with E-state index in [9.17, 15) is 4.79 Å². The summed E-state index contributed by atoms with van der Waals surface area (Å²) in [5, 5.41) is 4.72. The maximum absolute atomic E-state index is 12.6. The molecule has 2 N–H and O–H groups in total. The Bertz CT molecular complexity index is 1150. The van der Waals surface area contributed by atoms with Crippen LogP contribution in [0.5, 0.6) is 5.75 Å². The van der Waals surface area contributed by atoms with E-state index in [0.29, 0.717) is 30.4 Å². The van der Waals surface area contributed by atoms with Crippen molar-refractivity contribution in [3.63, 3.8) is 0 Å². The van der Waals surface area contributed by atoms with Crippen molar-refractivity contribution < 1.29 is 9.53 Å². The highest BCUT2D eigenvalue weighted by Gasteiger charge is 2.14. The van der Waals surface area contributed by atoms with Gasteiger partial charge in [-0.1, -0.05) is 29.8 Å². The number of carbonyl (C=O) groups is 1. The molecule has 0 saturated heterocycles. The number of nitrogens with one attached hydrogen (secondary N) is 2. The largest absolute Gasteiger partial charge is 0.497 e. The van der Waals surface area contributed by atoms with Crippen molar-refractivity contribution in [3.8, 4) is 5.75 Å². The Morgan fingerprint density at radius 1 is 1.24 bits per heavy atom. The molecule has 0 radical (unpaired) electrons. The van der Waals surface area contributed by atoms with Gasteiger partial charge in [-0.25, -0.2) is 4.98 Å². The van der Waals surface area contributed by atoms with Crippen LogP contribution in [0.4, 0.5) is 0 Å². The van der Waals surface area contributed by atoms with Gasteiger partial charge in [-0.2, -0.15) is 0 Å². The first kappa shape index (κ1) is 19.1. The molecule has 2 aromatic heterocycles. The number of halogens is 1. The van der Waals surface area contributed by atoms with Gasteiger partial charge in [-0.05, 0) is 41.8 Å². The van der Waals surface area contributed by atoms with Crippen LogP contribution in [0.3, 0.4) is 0 Å². The van der Waals surface area contributed by atoms with Crippen LogP contribution >= 0.6 is 11.6 Å². The molecule has 29 heavy (non-hydrogen) atoms. The Labute approximate surface area is 173 Å². The van der Waals surface area contributed by atoms with E-state index in [0.717, 1.165) is 27.8 Å². The first-order chi connectivity index (χ1) is 14.2. The summed E-state index contributed by atoms with van der Waals surface area (Å²) in [6, 6.07) is 13.5. The molecular weight excluding hydrogens is 388 g/mol. The summed E-state index contributed by atoms with van der Waals surface area (Å²) in [6.45, 7) is 0.993. The number of hydrogen-bond acceptors (Lipinski definition) is 3. The lowest BCUT2D eigenvalue weighted by atomic mass is 10.1. The number of nitrogens with zero attached hydrogens (tertiary/aromatic N) is 2. The number of fused-ring (bicyclic) bond motifs is 1. The number of aromatic nitrogens is 3. The molecule has 0 saturated carbocycles. The summed E-state index contributed by atoms with van der Waals surface area (Å²) >= 11 is 6.24. The van der Waals surface area contributed by atoms with E-state index in [1.165, 1.54) is 0 Å². The van der Waals surface area contributed by atoms with Crippen molar-refractivity contribution in [2.45, 2.75) is 13.0 Å². The lowest BCUT2D eigenvalue weighted by Gasteiger charge is -2.10. The molecule has 0 spiro atoms. The van der Waals surface area contributed by atoms with E-state index >= 15 is 0 Å². The van der Waals surface area contributed by atoms with Crippen molar-refractivity contribution in [2.75, 3.05) is 13.7 Å². The monoisotopic (exact) mass is 408 g/mol. The molecule has 7 heteroatoms. The average Bonchev–Trinajstić information content (AvgIpc) is 3.36. The molecule has 0 aliphatic rings. The molecule has 0 unspecified atom stereocenters. The van der Waals surface area contributed by atoms with Gasteiger partial charge < -0.3 is 19.6 Å². The molecule has 0 atom stereocenters. The van der Waals surface area contributed by atoms with Gasteiger partial charge in [0.25, 0.3) is 5.91 Å². The van der Waals surface area contributed by atoms with Crippen molar-refractivity contribution >= 4 is 28.4 Å². The summed E-state index contributed by atoms with van der Waals surface area (Å²) in [4.78, 5) is 20.1. The molecule has 4 rings (SSSR count). The number of rotatable bonds is 7. The molecular formula is C22H21ClN4O2. The van der Waals surface area contributed by atoms with Gasteiger partial charge in [0.05, 0.1) is 13.7 Å². The first-order valence-corrected chi connectivity index (χ1v) is 9.70. The van der Waals surface area contributed by atoms with Crippen LogP contribution in [-0.4, -0.2) is 34.1 Å². The van der Waals surface area contributed by atoms with Crippen LogP contribution in [0.1, 0.15) is 21.7 Å². The minimum absolute atomic E-state index is 0.209. The van der Waals surface area contributed by atoms with Gasteiger partial charge in [-0.15, -0.1) is 0 Å². The van der Waals surface area contributed by atoms with Crippen LogP contribution < -0.4 is 10.1 Å². The highest BCUT2D eigenvalue weighted by molar-refractivity contribution is 6.31. The van der Waals surface area contributed by atoms with Crippen LogP contribution in [0.2, 0.25) is 5.02 Å². The zero-order chi connectivity index (χ0) is 20.2. The lowest BCUT2D eigenvalue weighted by Crippen LogP contribution is -2.28. The third-order valence-corrected chi connectivity index (χ3v) is 5.24. The van der Waals surface area contributed by atoms with Gasteiger partial charge >= 0.3 is 0 Å². The van der Waals surface area contributed by atoms with Crippen LogP contribution in [0.25, 0.3) is 10.9 Å². The van der Waals surface area contributed by atoms with Crippen molar-refractivity contribution in [2.24, 2.45) is 0 Å². The number of amides is 1. The van der Waals surface area contributed by atoms with Crippen LogP contribution in [0, 0.1) is 0 Å². The molecule has 2 heterocycles. The minimum Gasteiger partial charge on any atom is -0.497 e. The SMILES string of the molecule is COc1ccc2[nH]cc(CCNC(=O)c3nccn3Cc3ccccc3Cl)c2c1. The standard InChI is InChI=1S/C22H21ClN4O2/c1-29-17-6-7-20-18(12-17)15(13-26-20)8-9-25-22(28)21-24-10-11-27(21)14-16-4-2-3-5-19(16)23/h2-7,10-13,26H,8-9,14H2,1H3,(H,25,28). The van der Waals surface area contributed by atoms with Crippen LogP contribution in [-0.2, 0) is 13.0 Å². The number of imidazole rings is 1. The third kappa shape index (κ3) is 4.12. The molecule has 6 nitrogen and oxygen atoms in total. The van der Waals surface area contributed by atoms with Gasteiger partial charge in [0.2, 0.25) is 0 Å². The van der Waals surface area contributed by atoms with Crippen molar-refractivity contribution in [3.05, 3.63) is 83.0 Å². The summed E-state index contributed by atoms with van der Waals surface area (Å²) < 4.78 is 7.10. The number of carbonyl (C=O) groups excluding carboxylic acids is 1. The second-order valence-corrected chi connectivity index (χ2v) is 7.11. The van der Waals surface area contributed by atoms with Gasteiger partial charge in [0.1, 0.15) is 5.75 Å². The first-order valence-electron chi connectivity index (χ1n) is 9.32. The number of aromatic amines is 1. The smallest absolute Gasteiger partial charge is 0.287 e. The third-order valence-electron chi connectivity index (χ3n) is 4.87. The molecule has 1 amide bonds. The predicted octanol–water partition coefficient (Wildman–Crippen LogP) is 4.05. The Balaban J connectivity index is 1.41. The lowest BCUT2D eigenvalue weighted by molar-refractivity contribution is 0.0940. The minimum atomic E-state index is -0.209. The van der Waals surface area contributed by atoms with Crippen molar-refractivity contribution in [1.82, 2.24) is 19.9 Å². The summed E-state index contributed by atoms with van der Waals surface area (Å²) in [5.41, 5.74) is 3.11. The summed E-state index contributed by atoms with van der Waals surface area (Å²) in [7, 11) is 1.65.